The average molecular weight is 407 g/mol. The molecule has 146 valence electrons. The minimum atomic E-state index is -3.63. The molecule has 3 heterocycles. The van der Waals surface area contributed by atoms with Gasteiger partial charge in [-0.05, 0) is 42.3 Å². The largest absolute Gasteiger partial charge is 0.360 e. The molecule has 0 saturated heterocycles. The van der Waals surface area contributed by atoms with E-state index in [9.17, 15) is 12.8 Å². The van der Waals surface area contributed by atoms with Gasteiger partial charge < -0.3 is 4.98 Å². The number of H-pyrrole nitrogens is 1. The Balaban J connectivity index is 1.44. The highest BCUT2D eigenvalue weighted by Gasteiger charge is 2.27. The second-order valence-electron chi connectivity index (χ2n) is 7.10. The van der Waals surface area contributed by atoms with Crippen molar-refractivity contribution in [2.75, 3.05) is 13.1 Å². The summed E-state index contributed by atoms with van der Waals surface area (Å²) in [6.07, 6.45) is 5.80. The maximum Gasteiger partial charge on any atom is 0.244 e. The van der Waals surface area contributed by atoms with Crippen LogP contribution in [0.1, 0.15) is 12.0 Å². The fourth-order valence-electron chi connectivity index (χ4n) is 3.82. The zero-order valence-electron chi connectivity index (χ0n) is 15.5. The number of para-hydroxylation sites is 1. The van der Waals surface area contributed by atoms with Crippen molar-refractivity contribution in [3.63, 3.8) is 0 Å². The topological polar surface area (TPSA) is 66.1 Å². The summed E-state index contributed by atoms with van der Waals surface area (Å²) in [7, 11) is -3.63. The first-order chi connectivity index (χ1) is 14.0. The van der Waals surface area contributed by atoms with Gasteiger partial charge >= 0.3 is 0 Å². The fourth-order valence-corrected chi connectivity index (χ4v) is 5.18. The third-order valence-electron chi connectivity index (χ3n) is 5.36. The van der Waals surface area contributed by atoms with Crippen LogP contribution in [-0.2, 0) is 10.0 Å². The lowest BCUT2D eigenvalue weighted by molar-refractivity contribution is 0.441. The van der Waals surface area contributed by atoms with Crippen LogP contribution in [0.25, 0.3) is 27.4 Å². The summed E-state index contributed by atoms with van der Waals surface area (Å²) in [6.45, 7) is 0.674. The van der Waals surface area contributed by atoms with Crippen molar-refractivity contribution in [2.24, 2.45) is 0 Å². The van der Waals surface area contributed by atoms with Gasteiger partial charge in [-0.2, -0.15) is 4.31 Å². The number of halogens is 1. The molecule has 0 amide bonds. The smallest absolute Gasteiger partial charge is 0.244 e. The summed E-state index contributed by atoms with van der Waals surface area (Å²) in [5.74, 6) is -0.287. The van der Waals surface area contributed by atoms with Crippen molar-refractivity contribution in [3.05, 3.63) is 78.4 Å². The molecule has 0 saturated carbocycles. The van der Waals surface area contributed by atoms with Crippen molar-refractivity contribution in [2.45, 2.75) is 11.3 Å². The number of rotatable bonds is 3. The fraction of sp³-hybridized carbons (Fsp3) is 0.136. The van der Waals surface area contributed by atoms with Crippen LogP contribution in [0.15, 0.2) is 71.9 Å². The third-order valence-corrected chi connectivity index (χ3v) is 7.20. The Hall–Kier alpha value is -3.03. The quantitative estimate of drug-likeness (QED) is 0.550. The molecule has 0 atom stereocenters. The number of pyridine rings is 1. The Morgan fingerprint density at radius 1 is 1.10 bits per heavy atom. The first-order valence-corrected chi connectivity index (χ1v) is 10.8. The van der Waals surface area contributed by atoms with Crippen molar-refractivity contribution in [1.29, 1.82) is 0 Å². The molecule has 2 aromatic heterocycles. The molecule has 4 aromatic rings. The molecule has 2 aromatic carbocycles. The van der Waals surface area contributed by atoms with Crippen LogP contribution < -0.4 is 0 Å². The Morgan fingerprint density at radius 3 is 2.79 bits per heavy atom. The first kappa shape index (κ1) is 18.0. The van der Waals surface area contributed by atoms with Crippen LogP contribution in [0.4, 0.5) is 4.39 Å². The maximum atomic E-state index is 13.4. The Bertz CT molecular complexity index is 1380. The van der Waals surface area contributed by atoms with Gasteiger partial charge in [0.2, 0.25) is 10.0 Å². The highest BCUT2D eigenvalue weighted by molar-refractivity contribution is 7.89. The number of hydrogen-bond donors (Lipinski definition) is 1. The third kappa shape index (κ3) is 3.12. The van der Waals surface area contributed by atoms with Crippen LogP contribution in [-0.4, -0.2) is 35.8 Å². The van der Waals surface area contributed by atoms with Gasteiger partial charge in [-0.3, -0.25) is 4.98 Å². The SMILES string of the molecule is O=S(=O)(c1cnc2ccccc2c1)N1CC=C(c2c[nH]c3cc(F)ccc23)CC1. The molecule has 0 aliphatic carbocycles. The van der Waals surface area contributed by atoms with Gasteiger partial charge in [0.15, 0.2) is 0 Å². The normalized spacial score (nSPS) is 15.7. The number of benzene rings is 2. The summed E-state index contributed by atoms with van der Waals surface area (Å²) in [6, 6.07) is 13.8. The van der Waals surface area contributed by atoms with E-state index in [1.807, 2.05) is 36.5 Å². The molecule has 0 unspecified atom stereocenters. The van der Waals surface area contributed by atoms with E-state index >= 15 is 0 Å². The van der Waals surface area contributed by atoms with E-state index < -0.39 is 10.0 Å². The molecule has 7 heteroatoms. The summed E-state index contributed by atoms with van der Waals surface area (Å²) in [5.41, 5.74) is 3.55. The number of aromatic nitrogens is 2. The number of nitrogens with zero attached hydrogens (tertiary/aromatic N) is 2. The van der Waals surface area contributed by atoms with Crippen LogP contribution in [0.2, 0.25) is 0 Å². The summed E-state index contributed by atoms with van der Waals surface area (Å²) >= 11 is 0. The molecular weight excluding hydrogens is 389 g/mol. The summed E-state index contributed by atoms with van der Waals surface area (Å²) in [5, 5.41) is 1.74. The molecule has 0 fully saturated rings. The lowest BCUT2D eigenvalue weighted by atomic mass is 10.00. The first-order valence-electron chi connectivity index (χ1n) is 9.33. The highest BCUT2D eigenvalue weighted by atomic mass is 32.2. The molecule has 1 N–H and O–H groups in total. The van der Waals surface area contributed by atoms with Crippen molar-refractivity contribution in [3.8, 4) is 0 Å². The van der Waals surface area contributed by atoms with E-state index in [2.05, 4.69) is 9.97 Å². The number of fused-ring (bicyclic) bond motifs is 2. The molecule has 1 aliphatic rings. The van der Waals surface area contributed by atoms with Crippen molar-refractivity contribution < 1.29 is 12.8 Å². The predicted molar refractivity (Wildman–Crippen MR) is 111 cm³/mol. The van der Waals surface area contributed by atoms with Gasteiger partial charge in [0, 0.05) is 47.3 Å². The predicted octanol–water partition coefficient (Wildman–Crippen LogP) is 4.33. The zero-order valence-corrected chi connectivity index (χ0v) is 16.3. The monoisotopic (exact) mass is 407 g/mol. The van der Waals surface area contributed by atoms with Gasteiger partial charge in [-0.15, -0.1) is 0 Å². The molecule has 29 heavy (non-hydrogen) atoms. The summed E-state index contributed by atoms with van der Waals surface area (Å²) in [4.78, 5) is 7.58. The standard InChI is InChI=1S/C22H18FN3O2S/c23-17-5-6-19-20(14-25-22(19)12-17)15-7-9-26(10-8-15)29(27,28)18-11-16-3-1-2-4-21(16)24-13-18/h1-7,11-14,25H,8-10H2. The Labute approximate surface area is 167 Å². The number of hydrogen-bond acceptors (Lipinski definition) is 3. The second-order valence-corrected chi connectivity index (χ2v) is 9.04. The Kier molecular flexibility index (Phi) is 4.22. The molecule has 0 bridgehead atoms. The van der Waals surface area contributed by atoms with E-state index in [4.69, 9.17) is 0 Å². The molecule has 0 spiro atoms. The van der Waals surface area contributed by atoms with E-state index in [-0.39, 0.29) is 10.7 Å². The van der Waals surface area contributed by atoms with Crippen molar-refractivity contribution >= 4 is 37.4 Å². The lowest BCUT2D eigenvalue weighted by Gasteiger charge is -2.25. The van der Waals surface area contributed by atoms with Gasteiger partial charge in [0.25, 0.3) is 0 Å². The number of sulfonamides is 1. The second kappa shape index (κ2) is 6.79. The minimum Gasteiger partial charge on any atom is -0.360 e. The summed E-state index contributed by atoms with van der Waals surface area (Å²) < 4.78 is 41.1. The van der Waals surface area contributed by atoms with Crippen LogP contribution in [0.5, 0.6) is 0 Å². The van der Waals surface area contributed by atoms with E-state index in [0.29, 0.717) is 19.5 Å². The van der Waals surface area contributed by atoms with Gasteiger partial charge in [0.1, 0.15) is 10.7 Å². The Morgan fingerprint density at radius 2 is 1.97 bits per heavy atom. The van der Waals surface area contributed by atoms with Gasteiger partial charge in [0.05, 0.1) is 5.52 Å². The molecular formula is C22H18FN3O2S. The van der Waals surface area contributed by atoms with Crippen LogP contribution in [0, 0.1) is 5.82 Å². The highest BCUT2D eigenvalue weighted by Crippen LogP contribution is 2.31. The molecule has 5 rings (SSSR count). The van der Waals surface area contributed by atoms with E-state index in [0.717, 1.165) is 32.9 Å². The molecule has 5 nitrogen and oxygen atoms in total. The van der Waals surface area contributed by atoms with Gasteiger partial charge in [-0.25, -0.2) is 12.8 Å². The van der Waals surface area contributed by atoms with E-state index in [1.165, 1.54) is 22.6 Å². The number of aromatic amines is 1. The molecule has 0 radical (unpaired) electrons. The average Bonchev–Trinajstić information content (AvgIpc) is 3.16. The number of nitrogens with one attached hydrogen (secondary N) is 1. The minimum absolute atomic E-state index is 0.204. The van der Waals surface area contributed by atoms with Gasteiger partial charge in [-0.1, -0.05) is 24.3 Å². The molecule has 1 aliphatic heterocycles. The van der Waals surface area contributed by atoms with Crippen molar-refractivity contribution in [1.82, 2.24) is 14.3 Å². The lowest BCUT2D eigenvalue weighted by Crippen LogP contribution is -2.34. The zero-order chi connectivity index (χ0) is 20.0. The maximum absolute atomic E-state index is 13.4. The van der Waals surface area contributed by atoms with Crippen LogP contribution >= 0.6 is 0 Å². The van der Waals surface area contributed by atoms with E-state index in [1.54, 1.807) is 12.1 Å². The van der Waals surface area contributed by atoms with Crippen LogP contribution in [0.3, 0.4) is 0 Å².